The Morgan fingerprint density at radius 2 is 2.35 bits per heavy atom. The summed E-state index contributed by atoms with van der Waals surface area (Å²) in [4.78, 5) is 15.2. The van der Waals surface area contributed by atoms with Crippen LogP contribution in [0, 0.1) is 5.41 Å². The number of rotatable bonds is 5. The van der Waals surface area contributed by atoms with Gasteiger partial charge >= 0.3 is 5.97 Å². The Bertz CT molecular complexity index is 444. The average Bonchev–Trinajstić information content (AvgIpc) is 3.08. The summed E-state index contributed by atoms with van der Waals surface area (Å²) in [6.07, 6.45) is 5.17. The molecule has 1 aliphatic carbocycles. The van der Waals surface area contributed by atoms with E-state index in [1.165, 1.54) is 12.8 Å². The molecule has 2 N–H and O–H groups in total. The molecule has 0 unspecified atom stereocenters. The lowest BCUT2D eigenvalue weighted by Crippen LogP contribution is -2.17. The molecular formula is C12H15BrN2O2. The number of carboxylic acids is 1. The third kappa shape index (κ3) is 2.77. The normalized spacial score (nSPS) is 16.6. The molecule has 0 aromatic carbocycles. The number of hydrogen-bond donors (Lipinski definition) is 2. The smallest absolute Gasteiger partial charge is 0.339 e. The molecule has 17 heavy (non-hydrogen) atoms. The van der Waals surface area contributed by atoms with Gasteiger partial charge in [-0.3, -0.25) is 0 Å². The number of aromatic nitrogens is 1. The van der Waals surface area contributed by atoms with E-state index in [9.17, 15) is 4.79 Å². The molecule has 5 heteroatoms. The highest BCUT2D eigenvalue weighted by Crippen LogP contribution is 2.48. The van der Waals surface area contributed by atoms with Gasteiger partial charge in [-0.05, 0) is 46.7 Å². The minimum atomic E-state index is -0.956. The van der Waals surface area contributed by atoms with Crippen LogP contribution in [-0.4, -0.2) is 22.6 Å². The van der Waals surface area contributed by atoms with Crippen LogP contribution in [0.15, 0.2) is 16.7 Å². The van der Waals surface area contributed by atoms with Crippen LogP contribution >= 0.6 is 15.9 Å². The van der Waals surface area contributed by atoms with Crippen LogP contribution in [0.2, 0.25) is 0 Å². The Hall–Kier alpha value is -1.10. The highest BCUT2D eigenvalue weighted by atomic mass is 79.9. The van der Waals surface area contributed by atoms with Crippen LogP contribution in [0.25, 0.3) is 0 Å². The summed E-state index contributed by atoms with van der Waals surface area (Å²) in [5.41, 5.74) is 0.580. The topological polar surface area (TPSA) is 62.2 Å². The first-order chi connectivity index (χ1) is 8.06. The van der Waals surface area contributed by atoms with Crippen molar-refractivity contribution >= 4 is 27.7 Å². The van der Waals surface area contributed by atoms with Crippen molar-refractivity contribution in [3.05, 3.63) is 22.3 Å². The lowest BCUT2D eigenvalue weighted by Gasteiger charge is -2.15. The molecule has 4 nitrogen and oxygen atoms in total. The van der Waals surface area contributed by atoms with Crippen LogP contribution in [0.4, 0.5) is 5.82 Å². The number of anilines is 1. The number of nitrogens with zero attached hydrogens (tertiary/aromatic N) is 1. The summed E-state index contributed by atoms with van der Waals surface area (Å²) < 4.78 is 0.678. The molecule has 0 saturated heterocycles. The zero-order valence-electron chi connectivity index (χ0n) is 9.66. The highest BCUT2D eigenvalue weighted by Gasteiger charge is 2.40. The van der Waals surface area contributed by atoms with E-state index in [1.54, 1.807) is 12.3 Å². The molecule has 2 rings (SSSR count). The number of pyridine rings is 1. The summed E-state index contributed by atoms with van der Waals surface area (Å²) in [5.74, 6) is -0.497. The SMILES string of the molecule is CCC1(CNc2ncc(Br)cc2C(=O)O)CC1. The largest absolute Gasteiger partial charge is 0.478 e. The number of carbonyl (C=O) groups is 1. The molecule has 0 bridgehead atoms. The van der Waals surface area contributed by atoms with Gasteiger partial charge in [0, 0.05) is 17.2 Å². The zero-order chi connectivity index (χ0) is 12.5. The second-order valence-corrected chi connectivity index (χ2v) is 5.48. The number of hydrogen-bond acceptors (Lipinski definition) is 3. The predicted molar refractivity (Wildman–Crippen MR) is 69.3 cm³/mol. The summed E-state index contributed by atoms with van der Waals surface area (Å²) in [6, 6.07) is 1.57. The summed E-state index contributed by atoms with van der Waals surface area (Å²) >= 11 is 3.23. The van der Waals surface area contributed by atoms with E-state index in [1.807, 2.05) is 0 Å². The standard InChI is InChI=1S/C12H15BrN2O2/c1-2-12(3-4-12)7-15-10-9(11(16)17)5-8(13)6-14-10/h5-6H,2-4,7H2,1H3,(H,14,15)(H,16,17). The quantitative estimate of drug-likeness (QED) is 0.876. The van der Waals surface area contributed by atoms with E-state index in [-0.39, 0.29) is 5.56 Å². The molecule has 1 aromatic heterocycles. The van der Waals surface area contributed by atoms with Crippen LogP contribution in [-0.2, 0) is 0 Å². The molecule has 92 valence electrons. The lowest BCUT2D eigenvalue weighted by atomic mass is 10.0. The van der Waals surface area contributed by atoms with Gasteiger partial charge in [0.05, 0.1) is 0 Å². The molecule has 0 radical (unpaired) electrons. The van der Waals surface area contributed by atoms with Gasteiger partial charge in [-0.15, -0.1) is 0 Å². The average molecular weight is 299 g/mol. The fourth-order valence-corrected chi connectivity index (χ4v) is 2.18. The highest BCUT2D eigenvalue weighted by molar-refractivity contribution is 9.10. The molecule has 1 aliphatic rings. The third-order valence-electron chi connectivity index (χ3n) is 3.42. The third-order valence-corrected chi connectivity index (χ3v) is 3.86. The monoisotopic (exact) mass is 298 g/mol. The Kier molecular flexibility index (Phi) is 3.38. The molecule has 0 atom stereocenters. The van der Waals surface area contributed by atoms with Gasteiger partial charge in [0.15, 0.2) is 0 Å². The van der Waals surface area contributed by atoms with E-state index in [4.69, 9.17) is 5.11 Å². The van der Waals surface area contributed by atoms with Crippen molar-refractivity contribution in [2.24, 2.45) is 5.41 Å². The summed E-state index contributed by atoms with van der Waals surface area (Å²) in [5, 5.41) is 12.3. The summed E-state index contributed by atoms with van der Waals surface area (Å²) in [6.45, 7) is 2.97. The van der Waals surface area contributed by atoms with Crippen LogP contribution in [0.3, 0.4) is 0 Å². The summed E-state index contributed by atoms with van der Waals surface area (Å²) in [7, 11) is 0. The van der Waals surface area contributed by atoms with Crippen molar-refractivity contribution in [3.63, 3.8) is 0 Å². The van der Waals surface area contributed by atoms with Crippen molar-refractivity contribution in [1.29, 1.82) is 0 Å². The second-order valence-electron chi connectivity index (χ2n) is 4.56. The van der Waals surface area contributed by atoms with Crippen molar-refractivity contribution in [3.8, 4) is 0 Å². The van der Waals surface area contributed by atoms with Crippen LogP contribution < -0.4 is 5.32 Å². The molecule has 1 heterocycles. The minimum Gasteiger partial charge on any atom is -0.478 e. The first-order valence-electron chi connectivity index (χ1n) is 5.69. The van der Waals surface area contributed by atoms with Crippen molar-refractivity contribution in [1.82, 2.24) is 4.98 Å². The zero-order valence-corrected chi connectivity index (χ0v) is 11.2. The van der Waals surface area contributed by atoms with Gasteiger partial charge in [-0.1, -0.05) is 6.92 Å². The lowest BCUT2D eigenvalue weighted by molar-refractivity contribution is 0.0697. The van der Waals surface area contributed by atoms with E-state index in [0.717, 1.165) is 13.0 Å². The molecule has 1 saturated carbocycles. The fourth-order valence-electron chi connectivity index (χ4n) is 1.85. The van der Waals surface area contributed by atoms with Gasteiger partial charge in [0.1, 0.15) is 11.4 Å². The van der Waals surface area contributed by atoms with Crippen LogP contribution in [0.1, 0.15) is 36.5 Å². The second kappa shape index (κ2) is 4.64. The number of carboxylic acid groups (broad SMARTS) is 1. The maximum absolute atomic E-state index is 11.1. The first-order valence-corrected chi connectivity index (χ1v) is 6.48. The molecular weight excluding hydrogens is 284 g/mol. The molecule has 0 aliphatic heterocycles. The Balaban J connectivity index is 2.12. The van der Waals surface area contributed by atoms with E-state index in [2.05, 4.69) is 33.2 Å². The first kappa shape index (κ1) is 12.4. The number of halogens is 1. The predicted octanol–water partition coefficient (Wildman–Crippen LogP) is 3.14. The Morgan fingerprint density at radius 1 is 1.65 bits per heavy atom. The van der Waals surface area contributed by atoms with E-state index >= 15 is 0 Å². The number of nitrogens with one attached hydrogen (secondary N) is 1. The van der Waals surface area contributed by atoms with Gasteiger partial charge in [0.2, 0.25) is 0 Å². The maximum Gasteiger partial charge on any atom is 0.339 e. The molecule has 0 spiro atoms. The molecule has 0 amide bonds. The van der Waals surface area contributed by atoms with Crippen molar-refractivity contribution in [2.45, 2.75) is 26.2 Å². The van der Waals surface area contributed by atoms with Gasteiger partial charge in [-0.25, -0.2) is 9.78 Å². The number of aromatic carboxylic acids is 1. The van der Waals surface area contributed by atoms with Crippen molar-refractivity contribution < 1.29 is 9.90 Å². The van der Waals surface area contributed by atoms with Gasteiger partial charge in [0.25, 0.3) is 0 Å². The fraction of sp³-hybridized carbons (Fsp3) is 0.500. The van der Waals surface area contributed by atoms with E-state index < -0.39 is 5.97 Å². The van der Waals surface area contributed by atoms with Gasteiger partial charge < -0.3 is 10.4 Å². The van der Waals surface area contributed by atoms with E-state index in [0.29, 0.717) is 15.7 Å². The maximum atomic E-state index is 11.1. The van der Waals surface area contributed by atoms with Gasteiger partial charge in [-0.2, -0.15) is 0 Å². The van der Waals surface area contributed by atoms with Crippen LogP contribution in [0.5, 0.6) is 0 Å². The van der Waals surface area contributed by atoms with Crippen molar-refractivity contribution in [2.75, 3.05) is 11.9 Å². The Morgan fingerprint density at radius 3 is 2.88 bits per heavy atom. The minimum absolute atomic E-state index is 0.214. The Labute approximate surface area is 109 Å². The molecule has 1 fully saturated rings. The molecule has 1 aromatic rings.